The number of nitrogens with one attached hydrogen (secondary N) is 2. The quantitative estimate of drug-likeness (QED) is 0.886. The Morgan fingerprint density at radius 2 is 2.33 bits per heavy atom. The fourth-order valence-electron chi connectivity index (χ4n) is 2.14. The van der Waals surface area contributed by atoms with Gasteiger partial charge in [-0.1, -0.05) is 6.07 Å². The molecule has 0 aromatic carbocycles. The van der Waals surface area contributed by atoms with Crippen molar-refractivity contribution in [2.75, 3.05) is 18.4 Å². The molecule has 18 heavy (non-hydrogen) atoms. The molecule has 4 nitrogen and oxygen atoms in total. The highest BCUT2D eigenvalue weighted by Crippen LogP contribution is 2.22. The van der Waals surface area contributed by atoms with E-state index in [-0.39, 0.29) is 0 Å². The molecule has 1 atom stereocenters. The highest BCUT2D eigenvalue weighted by atomic mass is 32.1. The first kappa shape index (κ1) is 11.6. The normalized spacial score (nSPS) is 19.0. The van der Waals surface area contributed by atoms with E-state index < -0.39 is 0 Å². The summed E-state index contributed by atoms with van der Waals surface area (Å²) in [5.74, 6) is 0.851. The number of rotatable bonds is 4. The molecule has 1 saturated heterocycles. The van der Waals surface area contributed by atoms with Gasteiger partial charge >= 0.3 is 0 Å². The van der Waals surface area contributed by atoms with Crippen LogP contribution in [-0.4, -0.2) is 29.3 Å². The Kier molecular flexibility index (Phi) is 3.52. The zero-order chi connectivity index (χ0) is 12.2. The zero-order valence-electron chi connectivity index (χ0n) is 10.1. The molecule has 1 aliphatic heterocycles. The Hall–Kier alpha value is -1.46. The fourth-order valence-corrected chi connectivity index (χ4v) is 2.83. The van der Waals surface area contributed by atoms with Crippen LogP contribution in [0.3, 0.4) is 0 Å². The summed E-state index contributed by atoms with van der Waals surface area (Å²) in [7, 11) is 0. The standard InChI is InChI=1S/C13H16N4S/c1-3-10(14-7-1)9-15-13-6-5-11(16-17-13)12-4-2-8-18-12/h2,4-6,8,10,14H,1,3,7,9H2,(H,15,17). The van der Waals surface area contributed by atoms with Crippen LogP contribution in [0, 0.1) is 0 Å². The summed E-state index contributed by atoms with van der Waals surface area (Å²) in [6.45, 7) is 2.06. The molecule has 0 radical (unpaired) electrons. The summed E-state index contributed by atoms with van der Waals surface area (Å²) in [6, 6.07) is 8.67. The summed E-state index contributed by atoms with van der Waals surface area (Å²) in [6.07, 6.45) is 2.52. The van der Waals surface area contributed by atoms with E-state index in [1.807, 2.05) is 18.2 Å². The van der Waals surface area contributed by atoms with Crippen molar-refractivity contribution in [2.45, 2.75) is 18.9 Å². The lowest BCUT2D eigenvalue weighted by atomic mass is 10.2. The predicted octanol–water partition coefficient (Wildman–Crippen LogP) is 2.37. The lowest BCUT2D eigenvalue weighted by molar-refractivity contribution is 0.632. The van der Waals surface area contributed by atoms with Crippen molar-refractivity contribution in [3.63, 3.8) is 0 Å². The molecule has 3 rings (SSSR count). The van der Waals surface area contributed by atoms with Gasteiger partial charge < -0.3 is 10.6 Å². The monoisotopic (exact) mass is 260 g/mol. The third-order valence-electron chi connectivity index (χ3n) is 3.13. The minimum absolute atomic E-state index is 0.573. The molecule has 0 bridgehead atoms. The number of hydrogen-bond acceptors (Lipinski definition) is 5. The molecule has 2 aromatic rings. The predicted molar refractivity (Wildman–Crippen MR) is 74.9 cm³/mol. The van der Waals surface area contributed by atoms with E-state index in [0.717, 1.165) is 29.5 Å². The minimum Gasteiger partial charge on any atom is -0.367 e. The van der Waals surface area contributed by atoms with Gasteiger partial charge in [-0.25, -0.2) is 0 Å². The maximum absolute atomic E-state index is 4.24. The zero-order valence-corrected chi connectivity index (χ0v) is 10.9. The van der Waals surface area contributed by atoms with Crippen molar-refractivity contribution < 1.29 is 0 Å². The van der Waals surface area contributed by atoms with Gasteiger partial charge in [0, 0.05) is 12.6 Å². The maximum atomic E-state index is 4.24. The van der Waals surface area contributed by atoms with Crippen molar-refractivity contribution in [1.29, 1.82) is 0 Å². The molecule has 0 amide bonds. The van der Waals surface area contributed by atoms with E-state index in [1.165, 1.54) is 12.8 Å². The van der Waals surface area contributed by atoms with Crippen molar-refractivity contribution in [2.24, 2.45) is 0 Å². The fraction of sp³-hybridized carbons (Fsp3) is 0.385. The molecule has 0 aliphatic carbocycles. The number of hydrogen-bond donors (Lipinski definition) is 2. The van der Waals surface area contributed by atoms with Crippen LogP contribution in [0.25, 0.3) is 10.6 Å². The largest absolute Gasteiger partial charge is 0.367 e. The van der Waals surface area contributed by atoms with Crippen molar-refractivity contribution in [1.82, 2.24) is 15.5 Å². The molecular weight excluding hydrogens is 244 g/mol. The van der Waals surface area contributed by atoms with Gasteiger partial charge in [0.15, 0.2) is 0 Å². The summed E-state index contributed by atoms with van der Waals surface area (Å²) >= 11 is 1.68. The number of anilines is 1. The average Bonchev–Trinajstić information content (AvgIpc) is 3.10. The van der Waals surface area contributed by atoms with Gasteiger partial charge in [0.05, 0.1) is 4.88 Å². The molecule has 1 fully saturated rings. The van der Waals surface area contributed by atoms with E-state index in [9.17, 15) is 0 Å². The van der Waals surface area contributed by atoms with E-state index in [2.05, 4.69) is 32.3 Å². The van der Waals surface area contributed by atoms with E-state index in [0.29, 0.717) is 6.04 Å². The highest BCUT2D eigenvalue weighted by Gasteiger charge is 2.13. The second-order valence-corrected chi connectivity index (χ2v) is 5.40. The third kappa shape index (κ3) is 2.68. The first-order chi connectivity index (χ1) is 8.92. The summed E-state index contributed by atoms with van der Waals surface area (Å²) < 4.78 is 0. The second-order valence-electron chi connectivity index (χ2n) is 4.46. The van der Waals surface area contributed by atoms with Gasteiger partial charge in [-0.05, 0) is 43.0 Å². The lowest BCUT2D eigenvalue weighted by Gasteiger charge is -2.11. The van der Waals surface area contributed by atoms with Crippen LogP contribution >= 0.6 is 11.3 Å². The van der Waals surface area contributed by atoms with Gasteiger partial charge in [-0.3, -0.25) is 0 Å². The molecule has 5 heteroatoms. The Morgan fingerprint density at radius 3 is 3.00 bits per heavy atom. The van der Waals surface area contributed by atoms with Crippen molar-refractivity contribution in [3.05, 3.63) is 29.6 Å². The Morgan fingerprint density at radius 1 is 1.33 bits per heavy atom. The van der Waals surface area contributed by atoms with Crippen LogP contribution in [-0.2, 0) is 0 Å². The number of aromatic nitrogens is 2. The van der Waals surface area contributed by atoms with Gasteiger partial charge in [0.2, 0.25) is 0 Å². The molecule has 2 aromatic heterocycles. The average molecular weight is 260 g/mol. The summed E-state index contributed by atoms with van der Waals surface area (Å²) in [5.41, 5.74) is 0.939. The number of thiophene rings is 1. The van der Waals surface area contributed by atoms with Gasteiger partial charge in [-0.2, -0.15) is 0 Å². The number of nitrogens with zero attached hydrogens (tertiary/aromatic N) is 2. The SMILES string of the molecule is c1csc(-c2ccc(NCC3CCCN3)nn2)c1. The van der Waals surface area contributed by atoms with Gasteiger partial charge in [0.25, 0.3) is 0 Å². The van der Waals surface area contributed by atoms with Gasteiger partial charge in [0.1, 0.15) is 11.5 Å². The van der Waals surface area contributed by atoms with Crippen LogP contribution in [0.1, 0.15) is 12.8 Å². The van der Waals surface area contributed by atoms with Crippen LogP contribution < -0.4 is 10.6 Å². The lowest BCUT2D eigenvalue weighted by Crippen LogP contribution is -2.29. The first-order valence-corrected chi connectivity index (χ1v) is 7.14. The van der Waals surface area contributed by atoms with Crippen LogP contribution in [0.15, 0.2) is 29.6 Å². The van der Waals surface area contributed by atoms with E-state index >= 15 is 0 Å². The Balaban J connectivity index is 1.60. The van der Waals surface area contributed by atoms with Crippen LogP contribution in [0.4, 0.5) is 5.82 Å². The molecule has 94 valence electrons. The second kappa shape index (κ2) is 5.46. The Labute approximate surface area is 110 Å². The van der Waals surface area contributed by atoms with Crippen molar-refractivity contribution in [3.8, 4) is 10.6 Å². The highest BCUT2D eigenvalue weighted by molar-refractivity contribution is 7.13. The minimum atomic E-state index is 0.573. The van der Waals surface area contributed by atoms with Gasteiger partial charge in [-0.15, -0.1) is 21.5 Å². The molecule has 1 aliphatic rings. The van der Waals surface area contributed by atoms with Crippen molar-refractivity contribution >= 4 is 17.2 Å². The Bertz CT molecular complexity index is 474. The topological polar surface area (TPSA) is 49.8 Å². The molecule has 2 N–H and O–H groups in total. The molecule has 0 saturated carbocycles. The van der Waals surface area contributed by atoms with E-state index in [4.69, 9.17) is 0 Å². The summed E-state index contributed by atoms with van der Waals surface area (Å²) in [4.78, 5) is 1.16. The van der Waals surface area contributed by atoms with Crippen LogP contribution in [0.2, 0.25) is 0 Å². The maximum Gasteiger partial charge on any atom is 0.148 e. The molecular formula is C13H16N4S. The first-order valence-electron chi connectivity index (χ1n) is 6.27. The van der Waals surface area contributed by atoms with Crippen LogP contribution in [0.5, 0.6) is 0 Å². The molecule has 1 unspecified atom stereocenters. The van der Waals surface area contributed by atoms with E-state index in [1.54, 1.807) is 11.3 Å². The third-order valence-corrected chi connectivity index (χ3v) is 4.02. The molecule has 3 heterocycles. The molecule has 0 spiro atoms. The summed E-state index contributed by atoms with van der Waals surface area (Å²) in [5, 5.41) is 17.3. The smallest absolute Gasteiger partial charge is 0.148 e.